The second kappa shape index (κ2) is 8.92. The van der Waals surface area contributed by atoms with E-state index >= 15 is 0 Å². The standard InChI is InChI=1S/C23H24N2O4S2/c1-16-3-6-18(7-4-16)20-9-14-30-22(20)23(26)24-21-15-19(8-5-17(21)2)31(27,28)25-10-12-29-13-11-25/h3-9,14-15H,10-13H2,1-2H3,(H,24,26). The molecule has 0 atom stereocenters. The minimum absolute atomic E-state index is 0.167. The van der Waals surface area contributed by atoms with Gasteiger partial charge in [-0.3, -0.25) is 4.79 Å². The number of aryl methyl sites for hydroxylation is 2. The third-order valence-corrected chi connectivity index (χ3v) is 8.11. The van der Waals surface area contributed by atoms with Crippen molar-refractivity contribution in [2.45, 2.75) is 18.7 Å². The highest BCUT2D eigenvalue weighted by molar-refractivity contribution is 7.89. The number of nitrogens with zero attached hydrogens (tertiary/aromatic N) is 1. The molecule has 0 radical (unpaired) electrons. The molecule has 3 aromatic rings. The van der Waals surface area contributed by atoms with Gasteiger partial charge in [-0.15, -0.1) is 11.3 Å². The summed E-state index contributed by atoms with van der Waals surface area (Å²) in [6.45, 7) is 5.28. The Bertz CT molecular complexity index is 1190. The predicted molar refractivity (Wildman–Crippen MR) is 123 cm³/mol. The van der Waals surface area contributed by atoms with Gasteiger partial charge in [0, 0.05) is 24.3 Å². The summed E-state index contributed by atoms with van der Waals surface area (Å²) in [7, 11) is -3.64. The lowest BCUT2D eigenvalue weighted by Crippen LogP contribution is -2.40. The molecule has 1 aliphatic heterocycles. The van der Waals surface area contributed by atoms with E-state index in [0.29, 0.717) is 36.9 Å². The Morgan fingerprint density at radius 1 is 1.03 bits per heavy atom. The first-order chi connectivity index (χ1) is 14.9. The molecule has 1 aromatic heterocycles. The minimum atomic E-state index is -3.64. The molecular formula is C23H24N2O4S2. The van der Waals surface area contributed by atoms with E-state index in [1.54, 1.807) is 12.1 Å². The van der Waals surface area contributed by atoms with Gasteiger partial charge in [-0.1, -0.05) is 35.9 Å². The number of carbonyl (C=O) groups is 1. The Kier molecular flexibility index (Phi) is 6.24. The summed E-state index contributed by atoms with van der Waals surface area (Å²) in [5.41, 5.74) is 4.26. The zero-order valence-electron chi connectivity index (χ0n) is 17.4. The van der Waals surface area contributed by atoms with E-state index < -0.39 is 10.0 Å². The highest BCUT2D eigenvalue weighted by Gasteiger charge is 2.27. The van der Waals surface area contributed by atoms with E-state index in [0.717, 1.165) is 22.3 Å². The first-order valence-corrected chi connectivity index (χ1v) is 12.3. The fourth-order valence-electron chi connectivity index (χ4n) is 3.46. The number of carbonyl (C=O) groups excluding carboxylic acids is 1. The van der Waals surface area contributed by atoms with Gasteiger partial charge in [-0.25, -0.2) is 8.42 Å². The van der Waals surface area contributed by atoms with Crippen LogP contribution in [-0.4, -0.2) is 44.9 Å². The fraction of sp³-hybridized carbons (Fsp3) is 0.261. The lowest BCUT2D eigenvalue weighted by atomic mass is 10.0. The number of morpholine rings is 1. The smallest absolute Gasteiger partial charge is 0.266 e. The number of thiophene rings is 1. The van der Waals surface area contributed by atoms with Gasteiger partial charge in [-0.05, 0) is 48.6 Å². The Hall–Kier alpha value is -2.52. The SMILES string of the molecule is Cc1ccc(-c2ccsc2C(=O)Nc2cc(S(=O)(=O)N3CCOCC3)ccc2C)cc1. The normalized spacial score (nSPS) is 15.0. The third kappa shape index (κ3) is 4.57. The van der Waals surface area contributed by atoms with E-state index in [1.165, 1.54) is 21.7 Å². The van der Waals surface area contributed by atoms with Crippen LogP contribution >= 0.6 is 11.3 Å². The molecule has 8 heteroatoms. The highest BCUT2D eigenvalue weighted by Crippen LogP contribution is 2.30. The van der Waals surface area contributed by atoms with E-state index in [2.05, 4.69) is 5.32 Å². The molecule has 31 heavy (non-hydrogen) atoms. The van der Waals surface area contributed by atoms with Crippen molar-refractivity contribution in [3.63, 3.8) is 0 Å². The summed E-state index contributed by atoms with van der Waals surface area (Å²) in [5, 5.41) is 4.80. The van der Waals surface area contributed by atoms with Crippen LogP contribution in [0, 0.1) is 13.8 Å². The number of amides is 1. The van der Waals surface area contributed by atoms with Gasteiger partial charge in [0.05, 0.1) is 23.0 Å². The first kappa shape index (κ1) is 21.7. The number of hydrogen-bond donors (Lipinski definition) is 1. The fourth-order valence-corrected chi connectivity index (χ4v) is 5.70. The summed E-state index contributed by atoms with van der Waals surface area (Å²) >= 11 is 1.36. The van der Waals surface area contributed by atoms with E-state index in [1.807, 2.05) is 49.6 Å². The molecule has 1 aliphatic rings. The molecule has 0 bridgehead atoms. The molecule has 6 nitrogen and oxygen atoms in total. The summed E-state index contributed by atoms with van der Waals surface area (Å²) in [4.78, 5) is 13.8. The highest BCUT2D eigenvalue weighted by atomic mass is 32.2. The molecule has 1 N–H and O–H groups in total. The van der Waals surface area contributed by atoms with Crippen LogP contribution < -0.4 is 5.32 Å². The zero-order chi connectivity index (χ0) is 22.0. The van der Waals surface area contributed by atoms with Gasteiger partial charge in [0.15, 0.2) is 0 Å². The van der Waals surface area contributed by atoms with Gasteiger partial charge in [0.25, 0.3) is 5.91 Å². The molecular weight excluding hydrogens is 432 g/mol. The predicted octanol–water partition coefficient (Wildman–Crippen LogP) is 4.31. The maximum Gasteiger partial charge on any atom is 0.266 e. The van der Waals surface area contributed by atoms with Crippen molar-refractivity contribution in [1.82, 2.24) is 4.31 Å². The summed E-state index contributed by atoms with van der Waals surface area (Å²) in [6.07, 6.45) is 0. The number of rotatable bonds is 5. The van der Waals surface area contributed by atoms with Gasteiger partial charge in [0.1, 0.15) is 0 Å². The Balaban J connectivity index is 1.60. The first-order valence-electron chi connectivity index (χ1n) is 10.0. The van der Waals surface area contributed by atoms with Crippen molar-refractivity contribution in [3.8, 4) is 11.1 Å². The molecule has 1 fully saturated rings. The number of hydrogen-bond acceptors (Lipinski definition) is 5. The minimum Gasteiger partial charge on any atom is -0.379 e. The average molecular weight is 457 g/mol. The number of anilines is 1. The van der Waals surface area contributed by atoms with Crippen LogP contribution in [0.3, 0.4) is 0 Å². The van der Waals surface area contributed by atoms with Crippen molar-refractivity contribution in [1.29, 1.82) is 0 Å². The second-order valence-corrected chi connectivity index (χ2v) is 10.3. The van der Waals surface area contributed by atoms with E-state index in [-0.39, 0.29) is 10.8 Å². The number of nitrogens with one attached hydrogen (secondary N) is 1. The average Bonchev–Trinajstić information content (AvgIpc) is 3.26. The van der Waals surface area contributed by atoms with Gasteiger partial charge >= 0.3 is 0 Å². The van der Waals surface area contributed by atoms with Crippen molar-refractivity contribution in [2.75, 3.05) is 31.6 Å². The second-order valence-electron chi connectivity index (χ2n) is 7.48. The molecule has 162 valence electrons. The summed E-state index contributed by atoms with van der Waals surface area (Å²) in [6, 6.07) is 14.8. The third-order valence-electron chi connectivity index (χ3n) is 5.30. The van der Waals surface area contributed by atoms with Crippen molar-refractivity contribution in [3.05, 3.63) is 69.9 Å². The quantitative estimate of drug-likeness (QED) is 0.621. The molecule has 1 amide bonds. The molecule has 0 saturated carbocycles. The van der Waals surface area contributed by atoms with E-state index in [4.69, 9.17) is 4.74 Å². The monoisotopic (exact) mass is 456 g/mol. The van der Waals surface area contributed by atoms with Crippen LogP contribution in [0.25, 0.3) is 11.1 Å². The number of sulfonamides is 1. The molecule has 1 saturated heterocycles. The summed E-state index contributed by atoms with van der Waals surface area (Å²) < 4.78 is 32.7. The number of ether oxygens (including phenoxy) is 1. The summed E-state index contributed by atoms with van der Waals surface area (Å²) in [5.74, 6) is -0.255. The van der Waals surface area contributed by atoms with Crippen LogP contribution in [-0.2, 0) is 14.8 Å². The number of benzene rings is 2. The van der Waals surface area contributed by atoms with Crippen LogP contribution in [0.1, 0.15) is 20.8 Å². The lowest BCUT2D eigenvalue weighted by Gasteiger charge is -2.26. The van der Waals surface area contributed by atoms with Gasteiger partial charge in [-0.2, -0.15) is 4.31 Å². The van der Waals surface area contributed by atoms with Gasteiger partial charge < -0.3 is 10.1 Å². The molecule has 0 spiro atoms. The van der Waals surface area contributed by atoms with Crippen LogP contribution in [0.2, 0.25) is 0 Å². The topological polar surface area (TPSA) is 75.7 Å². The van der Waals surface area contributed by atoms with Crippen LogP contribution in [0.5, 0.6) is 0 Å². The van der Waals surface area contributed by atoms with E-state index in [9.17, 15) is 13.2 Å². The molecule has 2 heterocycles. The maximum absolute atomic E-state index is 13.1. The van der Waals surface area contributed by atoms with Crippen molar-refractivity contribution >= 4 is 33.0 Å². The lowest BCUT2D eigenvalue weighted by molar-refractivity contribution is 0.0730. The van der Waals surface area contributed by atoms with Crippen molar-refractivity contribution < 1.29 is 17.9 Å². The molecule has 0 unspecified atom stereocenters. The van der Waals surface area contributed by atoms with Gasteiger partial charge in [0.2, 0.25) is 10.0 Å². The Morgan fingerprint density at radius 2 is 1.74 bits per heavy atom. The largest absolute Gasteiger partial charge is 0.379 e. The van der Waals surface area contributed by atoms with Crippen LogP contribution in [0.15, 0.2) is 58.8 Å². The molecule has 4 rings (SSSR count). The van der Waals surface area contributed by atoms with Crippen molar-refractivity contribution in [2.24, 2.45) is 0 Å². The molecule has 0 aliphatic carbocycles. The Labute approximate surface area is 186 Å². The molecule has 2 aromatic carbocycles. The zero-order valence-corrected chi connectivity index (χ0v) is 19.1. The Morgan fingerprint density at radius 3 is 2.45 bits per heavy atom. The maximum atomic E-state index is 13.1. The van der Waals surface area contributed by atoms with Crippen LogP contribution in [0.4, 0.5) is 5.69 Å².